The van der Waals surface area contributed by atoms with E-state index < -0.39 is 4.83 Å². The normalized spacial score (nSPS) is 12.3. The van der Waals surface area contributed by atoms with Gasteiger partial charge in [-0.3, -0.25) is 0 Å². The summed E-state index contributed by atoms with van der Waals surface area (Å²) in [5.74, 6) is 0.198. The second kappa shape index (κ2) is 7.32. The van der Waals surface area contributed by atoms with Crippen LogP contribution in [0.5, 0.6) is 5.75 Å². The maximum atomic E-state index is 14.0. The van der Waals surface area contributed by atoms with E-state index in [0.717, 1.165) is 4.47 Å². The quantitative estimate of drug-likeness (QED) is 0.461. The highest BCUT2D eigenvalue weighted by Gasteiger charge is 2.20. The van der Waals surface area contributed by atoms with Gasteiger partial charge in [-0.1, -0.05) is 55.1 Å². The summed E-state index contributed by atoms with van der Waals surface area (Å²) in [7, 11) is 0. The van der Waals surface area contributed by atoms with Gasteiger partial charge in [0.2, 0.25) is 0 Å². The molecule has 1 unspecified atom stereocenters. The Kier molecular flexibility index (Phi) is 5.95. The molecule has 6 heteroatoms. The predicted octanol–water partition coefficient (Wildman–Crippen LogP) is 6.78. The van der Waals surface area contributed by atoms with Gasteiger partial charge >= 0.3 is 0 Å². The minimum atomic E-state index is -0.407. The zero-order chi connectivity index (χ0) is 15.6. The first-order chi connectivity index (χ1) is 9.93. The highest BCUT2D eigenvalue weighted by molar-refractivity contribution is 9.10. The van der Waals surface area contributed by atoms with Crippen LogP contribution in [0.2, 0.25) is 10.0 Å². The Labute approximate surface area is 149 Å². The Hall–Kier alpha value is -0.290. The van der Waals surface area contributed by atoms with Crippen LogP contribution in [0.1, 0.15) is 22.9 Å². The van der Waals surface area contributed by atoms with Gasteiger partial charge in [-0.05, 0) is 36.8 Å². The highest BCUT2D eigenvalue weighted by atomic mass is 79.9. The van der Waals surface area contributed by atoms with E-state index in [1.165, 1.54) is 6.07 Å². The lowest BCUT2D eigenvalue weighted by molar-refractivity contribution is 0.340. The fraction of sp³-hybridized carbons (Fsp3) is 0.200. The number of hydrogen-bond acceptors (Lipinski definition) is 1. The molecule has 0 amide bonds. The average Bonchev–Trinajstić information content (AvgIpc) is 2.44. The molecule has 0 heterocycles. The van der Waals surface area contributed by atoms with Crippen LogP contribution < -0.4 is 4.74 Å². The number of alkyl halides is 1. The molecule has 0 saturated carbocycles. The van der Waals surface area contributed by atoms with Crippen LogP contribution in [0.3, 0.4) is 0 Å². The largest absolute Gasteiger partial charge is 0.492 e. The lowest BCUT2D eigenvalue weighted by Crippen LogP contribution is -1.99. The smallest absolute Gasteiger partial charge is 0.139 e. The molecule has 0 N–H and O–H groups in total. The number of rotatable bonds is 4. The van der Waals surface area contributed by atoms with E-state index in [1.807, 2.05) is 6.92 Å². The van der Waals surface area contributed by atoms with Crippen LogP contribution in [-0.2, 0) is 0 Å². The topological polar surface area (TPSA) is 9.23 Å². The predicted molar refractivity (Wildman–Crippen MR) is 92.5 cm³/mol. The third-order valence-electron chi connectivity index (χ3n) is 2.86. The Morgan fingerprint density at radius 2 is 1.86 bits per heavy atom. The Balaban J connectivity index is 2.46. The summed E-state index contributed by atoms with van der Waals surface area (Å²) in [6.45, 7) is 2.36. The molecule has 2 rings (SSSR count). The SMILES string of the molecule is CCOc1cc(Cl)c(C(Br)c2cc(Br)ccc2F)cc1Cl. The summed E-state index contributed by atoms with van der Waals surface area (Å²) in [6.07, 6.45) is 0. The van der Waals surface area contributed by atoms with E-state index in [1.54, 1.807) is 24.3 Å². The van der Waals surface area contributed by atoms with E-state index in [9.17, 15) is 4.39 Å². The third-order valence-corrected chi connectivity index (χ3v) is 4.96. The van der Waals surface area contributed by atoms with Gasteiger partial charge in [-0.25, -0.2) is 4.39 Å². The molecule has 0 bridgehead atoms. The molecule has 0 saturated heterocycles. The van der Waals surface area contributed by atoms with Crippen LogP contribution in [0.4, 0.5) is 4.39 Å². The molecular weight excluding hydrogens is 446 g/mol. The molecule has 2 aromatic rings. The van der Waals surface area contributed by atoms with Gasteiger partial charge in [-0.15, -0.1) is 0 Å². The van der Waals surface area contributed by atoms with Crippen molar-refractivity contribution >= 4 is 55.1 Å². The number of benzene rings is 2. The fourth-order valence-electron chi connectivity index (χ4n) is 1.88. The molecule has 1 nitrogen and oxygen atoms in total. The molecule has 112 valence electrons. The summed E-state index contributed by atoms with van der Waals surface area (Å²) in [4.78, 5) is -0.407. The van der Waals surface area contributed by atoms with Crippen molar-refractivity contribution in [3.05, 3.63) is 61.8 Å². The standard InChI is InChI=1S/C15H11Br2Cl2FO/c1-2-21-14-7-11(18)9(6-12(14)19)15(17)10-5-8(16)3-4-13(10)20/h3-7,15H,2H2,1H3. The zero-order valence-corrected chi connectivity index (χ0v) is 15.7. The van der Waals surface area contributed by atoms with E-state index >= 15 is 0 Å². The van der Waals surface area contributed by atoms with Crippen molar-refractivity contribution in [1.82, 2.24) is 0 Å². The average molecular weight is 457 g/mol. The van der Waals surface area contributed by atoms with Gasteiger partial charge in [0.15, 0.2) is 0 Å². The van der Waals surface area contributed by atoms with Crippen molar-refractivity contribution < 1.29 is 9.13 Å². The highest BCUT2D eigenvalue weighted by Crippen LogP contribution is 2.41. The summed E-state index contributed by atoms with van der Waals surface area (Å²) < 4.78 is 20.2. The third kappa shape index (κ3) is 3.92. The van der Waals surface area contributed by atoms with Gasteiger partial charge in [0.1, 0.15) is 11.6 Å². The molecule has 0 aromatic heterocycles. The summed E-state index contributed by atoms with van der Waals surface area (Å²) in [5.41, 5.74) is 1.16. The van der Waals surface area contributed by atoms with Crippen LogP contribution in [0.25, 0.3) is 0 Å². The molecular formula is C15H11Br2Cl2FO. The second-order valence-corrected chi connectivity index (χ2v) is 6.91. The molecule has 0 radical (unpaired) electrons. The Bertz CT molecular complexity index is 664. The lowest BCUT2D eigenvalue weighted by Gasteiger charge is -2.16. The van der Waals surface area contributed by atoms with E-state index in [-0.39, 0.29) is 5.82 Å². The van der Waals surface area contributed by atoms with Gasteiger partial charge < -0.3 is 4.74 Å². The molecule has 21 heavy (non-hydrogen) atoms. The van der Waals surface area contributed by atoms with Crippen molar-refractivity contribution in [3.63, 3.8) is 0 Å². The Morgan fingerprint density at radius 3 is 2.52 bits per heavy atom. The molecule has 0 aliphatic carbocycles. The molecule has 0 fully saturated rings. The van der Waals surface area contributed by atoms with Gasteiger partial charge in [-0.2, -0.15) is 0 Å². The monoisotopic (exact) mass is 454 g/mol. The molecule has 2 aromatic carbocycles. The van der Waals surface area contributed by atoms with Crippen LogP contribution >= 0.6 is 55.1 Å². The van der Waals surface area contributed by atoms with E-state index in [4.69, 9.17) is 27.9 Å². The lowest BCUT2D eigenvalue weighted by atomic mass is 10.0. The van der Waals surface area contributed by atoms with Gasteiger partial charge in [0.05, 0.1) is 16.5 Å². The van der Waals surface area contributed by atoms with E-state index in [2.05, 4.69) is 31.9 Å². The maximum Gasteiger partial charge on any atom is 0.139 e. The first-order valence-corrected chi connectivity index (χ1v) is 8.61. The minimum Gasteiger partial charge on any atom is -0.492 e. The van der Waals surface area contributed by atoms with Gasteiger partial charge in [0, 0.05) is 21.1 Å². The number of hydrogen-bond donors (Lipinski definition) is 0. The van der Waals surface area contributed by atoms with Crippen molar-refractivity contribution in [2.75, 3.05) is 6.61 Å². The molecule has 0 aliphatic rings. The molecule has 0 spiro atoms. The number of ether oxygens (including phenoxy) is 1. The molecule has 0 aliphatic heterocycles. The number of halogens is 5. The van der Waals surface area contributed by atoms with Crippen molar-refractivity contribution in [3.8, 4) is 5.75 Å². The summed E-state index contributed by atoms with van der Waals surface area (Å²) >= 11 is 19.3. The van der Waals surface area contributed by atoms with Crippen LogP contribution in [0, 0.1) is 5.82 Å². The summed E-state index contributed by atoms with van der Waals surface area (Å²) in [5, 5.41) is 0.903. The fourth-order valence-corrected chi connectivity index (χ4v) is 3.61. The second-order valence-electron chi connectivity index (χ2n) is 4.27. The van der Waals surface area contributed by atoms with E-state index in [0.29, 0.717) is 33.5 Å². The minimum absolute atomic E-state index is 0.318. The first-order valence-electron chi connectivity index (χ1n) is 6.14. The van der Waals surface area contributed by atoms with Crippen LogP contribution in [-0.4, -0.2) is 6.61 Å². The maximum absolute atomic E-state index is 14.0. The zero-order valence-electron chi connectivity index (χ0n) is 11.0. The first kappa shape index (κ1) is 17.1. The van der Waals surface area contributed by atoms with Crippen molar-refractivity contribution in [2.24, 2.45) is 0 Å². The summed E-state index contributed by atoms with van der Waals surface area (Å²) in [6, 6.07) is 8.08. The van der Waals surface area contributed by atoms with Gasteiger partial charge in [0.25, 0.3) is 0 Å². The van der Waals surface area contributed by atoms with Crippen molar-refractivity contribution in [1.29, 1.82) is 0 Å². The molecule has 1 atom stereocenters. The Morgan fingerprint density at radius 1 is 1.14 bits per heavy atom. The van der Waals surface area contributed by atoms with Crippen LogP contribution in [0.15, 0.2) is 34.8 Å². The van der Waals surface area contributed by atoms with Crippen molar-refractivity contribution in [2.45, 2.75) is 11.8 Å².